The lowest BCUT2D eigenvalue weighted by Crippen LogP contribution is -2.40. The summed E-state index contributed by atoms with van der Waals surface area (Å²) < 4.78 is 27.7. The van der Waals surface area contributed by atoms with Crippen LogP contribution in [0.5, 0.6) is 0 Å². The molecule has 0 heterocycles. The summed E-state index contributed by atoms with van der Waals surface area (Å²) in [4.78, 5) is 22.9. The van der Waals surface area contributed by atoms with Gasteiger partial charge >= 0.3 is 0 Å². The van der Waals surface area contributed by atoms with Crippen molar-refractivity contribution in [3.05, 3.63) is 104 Å². The molecule has 0 unspecified atom stereocenters. The molecule has 3 aromatic rings. The summed E-state index contributed by atoms with van der Waals surface area (Å²) >= 11 is 12.1. The number of amides is 1. The zero-order chi connectivity index (χ0) is 25.4. The summed E-state index contributed by atoms with van der Waals surface area (Å²) in [7, 11) is -4.20. The minimum atomic E-state index is -4.20. The van der Waals surface area contributed by atoms with Gasteiger partial charge in [0.25, 0.3) is 11.6 Å². The van der Waals surface area contributed by atoms with Crippen LogP contribution in [0.15, 0.2) is 82.8 Å². The van der Waals surface area contributed by atoms with Crippen LogP contribution in [-0.2, 0) is 21.2 Å². The van der Waals surface area contributed by atoms with Gasteiger partial charge in [0, 0.05) is 17.6 Å². The lowest BCUT2D eigenvalue weighted by Gasteiger charge is -2.22. The van der Waals surface area contributed by atoms with Crippen molar-refractivity contribution < 1.29 is 18.1 Å². The highest BCUT2D eigenvalue weighted by Gasteiger charge is 2.29. The zero-order valence-corrected chi connectivity index (χ0v) is 20.5. The number of para-hydroxylation sites is 1. The summed E-state index contributed by atoms with van der Waals surface area (Å²) in [6, 6.07) is 19.1. The summed E-state index contributed by atoms with van der Waals surface area (Å²) in [5.74, 6) is -0.741. The van der Waals surface area contributed by atoms with Crippen molar-refractivity contribution in [2.45, 2.75) is 11.3 Å². The van der Waals surface area contributed by atoms with Gasteiger partial charge in [-0.2, -0.15) is 9.41 Å². The van der Waals surface area contributed by atoms with Gasteiger partial charge in [0.05, 0.1) is 28.3 Å². The number of benzene rings is 3. The quantitative estimate of drug-likeness (QED) is 0.236. The summed E-state index contributed by atoms with van der Waals surface area (Å²) in [5.41, 5.74) is 3.08. The number of nitrogens with one attached hydrogen (secondary N) is 1. The molecular formula is C23H20Cl2N4O5S. The van der Waals surface area contributed by atoms with Crippen molar-refractivity contribution in [3.8, 4) is 0 Å². The van der Waals surface area contributed by atoms with Crippen LogP contribution < -0.4 is 5.43 Å². The molecule has 0 aromatic heterocycles. The Morgan fingerprint density at radius 1 is 1.06 bits per heavy atom. The number of hydrogen-bond acceptors (Lipinski definition) is 6. The van der Waals surface area contributed by atoms with E-state index in [2.05, 4.69) is 10.5 Å². The molecule has 12 heteroatoms. The average molecular weight is 535 g/mol. The Hall–Kier alpha value is -3.31. The van der Waals surface area contributed by atoms with Crippen molar-refractivity contribution >= 4 is 51.0 Å². The molecule has 9 nitrogen and oxygen atoms in total. The summed E-state index contributed by atoms with van der Waals surface area (Å²) in [6.07, 6.45) is 1.46. The maximum atomic E-state index is 13.4. The lowest BCUT2D eigenvalue weighted by molar-refractivity contribution is -0.385. The molecule has 0 aliphatic rings. The van der Waals surface area contributed by atoms with Gasteiger partial charge in [-0.15, -0.1) is 0 Å². The number of carbonyl (C=O) groups excluding carboxylic acids is 1. The second kappa shape index (κ2) is 11.9. The number of hydrogen-bond donors (Lipinski definition) is 1. The highest BCUT2D eigenvalue weighted by molar-refractivity contribution is 7.89. The van der Waals surface area contributed by atoms with E-state index in [1.54, 1.807) is 6.07 Å². The van der Waals surface area contributed by atoms with E-state index in [-0.39, 0.29) is 32.7 Å². The van der Waals surface area contributed by atoms with Crippen LogP contribution >= 0.6 is 23.2 Å². The van der Waals surface area contributed by atoms with E-state index in [1.165, 1.54) is 36.4 Å². The van der Waals surface area contributed by atoms with Crippen LogP contribution in [0, 0.1) is 10.1 Å². The Kier molecular flexibility index (Phi) is 8.94. The number of nitrogens with zero attached hydrogens (tertiary/aromatic N) is 3. The van der Waals surface area contributed by atoms with E-state index in [9.17, 15) is 23.3 Å². The van der Waals surface area contributed by atoms with Gasteiger partial charge in [-0.05, 0) is 36.2 Å². The molecule has 0 radical (unpaired) electrons. The van der Waals surface area contributed by atoms with Crippen LogP contribution in [0.1, 0.15) is 11.1 Å². The first-order valence-electron chi connectivity index (χ1n) is 10.2. The van der Waals surface area contributed by atoms with Crippen molar-refractivity contribution in [3.63, 3.8) is 0 Å². The molecular weight excluding hydrogens is 515 g/mol. The standard InChI is InChI=1S/C23H20Cl2N4O5S/c24-19-10-11-20(25)22(14-19)35(33,34)28(13-12-17-6-2-1-3-7-17)16-23(30)27-26-15-18-8-4-5-9-21(18)29(31)32/h1-11,14-15H,12-13,16H2,(H,27,30)/b26-15-. The number of carbonyl (C=O) groups is 1. The van der Waals surface area contributed by atoms with Gasteiger partial charge < -0.3 is 0 Å². The van der Waals surface area contributed by atoms with Crippen molar-refractivity contribution in [2.24, 2.45) is 5.10 Å². The van der Waals surface area contributed by atoms with Gasteiger partial charge in [0.2, 0.25) is 10.0 Å². The topological polar surface area (TPSA) is 122 Å². The first kappa shape index (κ1) is 26.3. The SMILES string of the molecule is O=C(CN(CCc1ccccc1)S(=O)(=O)c1cc(Cl)ccc1Cl)N/N=C\c1ccccc1[N+](=O)[O-]. The zero-order valence-electron chi connectivity index (χ0n) is 18.2. The number of nitro benzene ring substituents is 1. The number of halogens is 2. The van der Waals surface area contributed by atoms with Crippen LogP contribution in [0.25, 0.3) is 0 Å². The third-order valence-corrected chi connectivity index (χ3v) is 7.41. The molecule has 35 heavy (non-hydrogen) atoms. The maximum absolute atomic E-state index is 13.4. The normalized spacial score (nSPS) is 11.6. The molecule has 1 N–H and O–H groups in total. The first-order valence-corrected chi connectivity index (χ1v) is 12.4. The lowest BCUT2D eigenvalue weighted by atomic mass is 10.1. The van der Waals surface area contributed by atoms with E-state index in [4.69, 9.17) is 23.2 Å². The van der Waals surface area contributed by atoms with Gasteiger partial charge in [0.15, 0.2) is 0 Å². The molecule has 1 amide bonds. The largest absolute Gasteiger partial charge is 0.278 e. The third-order valence-electron chi connectivity index (χ3n) is 4.85. The van der Waals surface area contributed by atoms with E-state index in [1.807, 2.05) is 30.3 Å². The fourth-order valence-corrected chi connectivity index (χ4v) is 5.26. The molecule has 3 rings (SSSR count). The fourth-order valence-electron chi connectivity index (χ4n) is 3.13. The number of sulfonamides is 1. The molecule has 0 saturated carbocycles. The van der Waals surface area contributed by atoms with E-state index in [0.717, 1.165) is 16.1 Å². The van der Waals surface area contributed by atoms with Crippen LogP contribution in [0.4, 0.5) is 5.69 Å². The summed E-state index contributed by atoms with van der Waals surface area (Å²) in [6.45, 7) is -0.581. The second-order valence-electron chi connectivity index (χ2n) is 7.26. The van der Waals surface area contributed by atoms with Crippen molar-refractivity contribution in [1.29, 1.82) is 0 Å². The number of rotatable bonds is 10. The Labute approximate surface area is 212 Å². The Morgan fingerprint density at radius 2 is 1.74 bits per heavy atom. The van der Waals surface area contributed by atoms with E-state index in [0.29, 0.717) is 6.42 Å². The van der Waals surface area contributed by atoms with Crippen LogP contribution in [-0.4, -0.2) is 42.9 Å². The molecule has 0 bridgehead atoms. The van der Waals surface area contributed by atoms with Gasteiger partial charge in [-0.1, -0.05) is 65.7 Å². The Balaban J connectivity index is 1.80. The minimum absolute atomic E-state index is 0.0174. The first-order chi connectivity index (χ1) is 16.7. The molecule has 3 aromatic carbocycles. The van der Waals surface area contributed by atoms with Crippen LogP contribution in [0.3, 0.4) is 0 Å². The molecule has 0 aliphatic carbocycles. The predicted octanol–water partition coefficient (Wildman–Crippen LogP) is 4.29. The number of hydrazone groups is 1. The third kappa shape index (κ3) is 7.09. The minimum Gasteiger partial charge on any atom is -0.272 e. The predicted molar refractivity (Wildman–Crippen MR) is 134 cm³/mol. The van der Waals surface area contributed by atoms with Crippen LogP contribution in [0.2, 0.25) is 10.0 Å². The monoisotopic (exact) mass is 534 g/mol. The van der Waals surface area contributed by atoms with E-state index < -0.39 is 27.4 Å². The molecule has 182 valence electrons. The van der Waals surface area contributed by atoms with Gasteiger partial charge in [-0.25, -0.2) is 13.8 Å². The average Bonchev–Trinajstić information content (AvgIpc) is 2.84. The highest BCUT2D eigenvalue weighted by atomic mass is 35.5. The van der Waals surface area contributed by atoms with E-state index >= 15 is 0 Å². The fraction of sp³-hybridized carbons (Fsp3) is 0.130. The highest BCUT2D eigenvalue weighted by Crippen LogP contribution is 2.28. The second-order valence-corrected chi connectivity index (χ2v) is 10.0. The molecule has 0 aliphatic heterocycles. The van der Waals surface area contributed by atoms with Gasteiger partial charge in [-0.3, -0.25) is 14.9 Å². The molecule has 0 fully saturated rings. The van der Waals surface area contributed by atoms with Crippen molar-refractivity contribution in [1.82, 2.24) is 9.73 Å². The summed E-state index contributed by atoms with van der Waals surface area (Å²) in [5, 5.41) is 15.0. The maximum Gasteiger partial charge on any atom is 0.278 e. The Morgan fingerprint density at radius 3 is 2.46 bits per heavy atom. The molecule has 0 atom stereocenters. The number of nitro groups is 1. The van der Waals surface area contributed by atoms with Crippen molar-refractivity contribution in [2.75, 3.05) is 13.1 Å². The molecule has 0 saturated heterocycles. The van der Waals surface area contributed by atoms with Gasteiger partial charge in [0.1, 0.15) is 4.90 Å². The Bertz CT molecular complexity index is 1350. The molecule has 0 spiro atoms. The smallest absolute Gasteiger partial charge is 0.272 e.